The van der Waals surface area contributed by atoms with Gasteiger partial charge in [-0.2, -0.15) is 0 Å². The molecule has 1 heterocycles. The highest BCUT2D eigenvalue weighted by atomic mass is 19.3. The molecule has 0 aliphatic heterocycles. The van der Waals surface area contributed by atoms with Gasteiger partial charge in [0.05, 0.1) is 6.04 Å². The van der Waals surface area contributed by atoms with Gasteiger partial charge in [0.25, 0.3) is 0 Å². The zero-order valence-corrected chi connectivity index (χ0v) is 7.66. The Balaban J connectivity index is 2.02. The summed E-state index contributed by atoms with van der Waals surface area (Å²) in [4.78, 5) is 3.77. The fraction of sp³-hybridized carbons (Fsp3) is 0.750. The monoisotopic (exact) mass is 202 g/mol. The third-order valence-electron chi connectivity index (χ3n) is 2.59. The van der Waals surface area contributed by atoms with Gasteiger partial charge in [-0.25, -0.2) is 18.4 Å². The Morgan fingerprint density at radius 1 is 1.43 bits per heavy atom. The van der Waals surface area contributed by atoms with Crippen LogP contribution in [-0.2, 0) is 0 Å². The largest absolute Gasteiger partial charge is 0.367 e. The first-order valence-corrected chi connectivity index (χ1v) is 4.61. The maximum absolute atomic E-state index is 12.8. The summed E-state index contributed by atoms with van der Waals surface area (Å²) in [5.41, 5.74) is 5.35. The second kappa shape index (κ2) is 3.18. The zero-order chi connectivity index (χ0) is 10.2. The molecule has 0 aromatic carbocycles. The molecule has 0 unspecified atom stereocenters. The van der Waals surface area contributed by atoms with Gasteiger partial charge in [-0.1, -0.05) is 0 Å². The van der Waals surface area contributed by atoms with Crippen molar-refractivity contribution in [3.05, 3.63) is 6.33 Å². The first kappa shape index (κ1) is 9.36. The average molecular weight is 202 g/mol. The molecular weight excluding hydrogens is 190 g/mol. The summed E-state index contributed by atoms with van der Waals surface area (Å²) in [5.74, 6) is -2.30. The molecule has 1 aromatic heterocycles. The minimum atomic E-state index is -2.50. The van der Waals surface area contributed by atoms with Crippen LogP contribution >= 0.6 is 0 Å². The van der Waals surface area contributed by atoms with Crippen molar-refractivity contribution in [2.75, 3.05) is 5.73 Å². The van der Waals surface area contributed by atoms with Crippen LogP contribution in [0.2, 0.25) is 0 Å². The normalized spacial score (nSPS) is 22.4. The van der Waals surface area contributed by atoms with Gasteiger partial charge < -0.3 is 5.73 Å². The van der Waals surface area contributed by atoms with E-state index >= 15 is 0 Å². The molecule has 6 heteroatoms. The number of hydrogen-bond acceptors (Lipinski definition) is 3. The topological polar surface area (TPSA) is 56.7 Å². The quantitative estimate of drug-likeness (QED) is 0.752. The van der Waals surface area contributed by atoms with Crippen LogP contribution in [0.3, 0.4) is 0 Å². The van der Waals surface area contributed by atoms with E-state index in [1.165, 1.54) is 6.33 Å². The molecule has 0 atom stereocenters. The Morgan fingerprint density at radius 3 is 2.57 bits per heavy atom. The number of nitrogen functional groups attached to an aromatic ring is 1. The van der Waals surface area contributed by atoms with Gasteiger partial charge in [-0.05, 0) is 12.8 Å². The predicted molar refractivity (Wildman–Crippen MR) is 46.9 cm³/mol. The lowest BCUT2D eigenvalue weighted by Crippen LogP contribution is -2.26. The summed E-state index contributed by atoms with van der Waals surface area (Å²) in [6, 6.07) is 0.0272. The van der Waals surface area contributed by atoms with Crippen molar-refractivity contribution in [1.82, 2.24) is 14.8 Å². The van der Waals surface area contributed by atoms with Crippen LogP contribution in [0.5, 0.6) is 0 Å². The maximum Gasteiger partial charge on any atom is 0.248 e. The number of aromatic nitrogens is 3. The zero-order valence-electron chi connectivity index (χ0n) is 7.66. The lowest BCUT2D eigenvalue weighted by Gasteiger charge is -2.27. The second-order valence-corrected chi connectivity index (χ2v) is 3.67. The van der Waals surface area contributed by atoms with Gasteiger partial charge in [-0.3, -0.25) is 0 Å². The fourth-order valence-corrected chi connectivity index (χ4v) is 1.75. The smallest absolute Gasteiger partial charge is 0.248 e. The van der Waals surface area contributed by atoms with Crippen LogP contribution in [0.1, 0.15) is 31.7 Å². The van der Waals surface area contributed by atoms with E-state index in [-0.39, 0.29) is 24.8 Å². The van der Waals surface area contributed by atoms with Crippen LogP contribution in [0, 0.1) is 0 Å². The number of alkyl halides is 2. The number of hydrogen-bond donors (Lipinski definition) is 1. The highest BCUT2D eigenvalue weighted by Crippen LogP contribution is 2.37. The van der Waals surface area contributed by atoms with Crippen molar-refractivity contribution in [3.8, 4) is 0 Å². The van der Waals surface area contributed by atoms with Crippen molar-refractivity contribution < 1.29 is 8.78 Å². The van der Waals surface area contributed by atoms with Crippen LogP contribution in [0.15, 0.2) is 6.33 Å². The van der Waals surface area contributed by atoms with Gasteiger partial charge in [0, 0.05) is 12.8 Å². The van der Waals surface area contributed by atoms with E-state index in [2.05, 4.69) is 10.1 Å². The van der Waals surface area contributed by atoms with E-state index in [1.54, 1.807) is 4.68 Å². The average Bonchev–Trinajstić information content (AvgIpc) is 2.52. The third-order valence-corrected chi connectivity index (χ3v) is 2.59. The van der Waals surface area contributed by atoms with Gasteiger partial charge in [0.15, 0.2) is 0 Å². The molecule has 0 spiro atoms. The first-order valence-electron chi connectivity index (χ1n) is 4.61. The predicted octanol–water partition coefficient (Wildman–Crippen LogP) is 1.61. The minimum Gasteiger partial charge on any atom is -0.367 e. The highest BCUT2D eigenvalue weighted by molar-refractivity contribution is 5.09. The van der Waals surface area contributed by atoms with Crippen LogP contribution in [0.4, 0.5) is 14.7 Å². The molecule has 1 aliphatic carbocycles. The van der Waals surface area contributed by atoms with Gasteiger partial charge >= 0.3 is 0 Å². The van der Waals surface area contributed by atoms with Crippen molar-refractivity contribution in [1.29, 1.82) is 0 Å². The summed E-state index contributed by atoms with van der Waals surface area (Å²) in [6.45, 7) is 0. The van der Waals surface area contributed by atoms with Gasteiger partial charge in [0.1, 0.15) is 6.33 Å². The highest BCUT2D eigenvalue weighted by Gasteiger charge is 2.35. The fourth-order valence-electron chi connectivity index (χ4n) is 1.75. The van der Waals surface area contributed by atoms with E-state index in [4.69, 9.17) is 5.73 Å². The van der Waals surface area contributed by atoms with Crippen LogP contribution < -0.4 is 5.73 Å². The van der Waals surface area contributed by atoms with Gasteiger partial charge in [-0.15, -0.1) is 5.10 Å². The molecule has 0 amide bonds. The molecule has 14 heavy (non-hydrogen) atoms. The van der Waals surface area contributed by atoms with Gasteiger partial charge in [0.2, 0.25) is 11.9 Å². The number of rotatable bonds is 1. The number of nitrogens with two attached hydrogens (primary N) is 1. The molecule has 4 nitrogen and oxygen atoms in total. The molecule has 1 aliphatic rings. The Kier molecular flexibility index (Phi) is 2.13. The molecule has 1 fully saturated rings. The number of nitrogens with zero attached hydrogens (tertiary/aromatic N) is 3. The first-order chi connectivity index (χ1) is 6.57. The Bertz CT molecular complexity index is 313. The van der Waals surface area contributed by atoms with E-state index in [1.807, 2.05) is 0 Å². The van der Waals surface area contributed by atoms with E-state index < -0.39 is 5.92 Å². The maximum atomic E-state index is 12.8. The summed E-state index contributed by atoms with van der Waals surface area (Å²) >= 11 is 0. The Morgan fingerprint density at radius 2 is 2.07 bits per heavy atom. The molecule has 78 valence electrons. The number of halogens is 2. The lowest BCUT2D eigenvalue weighted by atomic mass is 9.92. The standard InChI is InChI=1S/C8H12F2N4/c9-8(10)3-1-6(2-4-8)14-5-12-7(11)13-14/h5-6H,1-4H2,(H2,11,13). The minimum absolute atomic E-state index is 0.0272. The van der Waals surface area contributed by atoms with E-state index in [0.29, 0.717) is 12.8 Å². The summed E-state index contributed by atoms with van der Waals surface area (Å²) in [7, 11) is 0. The molecule has 2 rings (SSSR count). The van der Waals surface area contributed by atoms with Crippen LogP contribution in [-0.4, -0.2) is 20.7 Å². The molecule has 1 aromatic rings. The molecule has 0 bridgehead atoms. The Hall–Kier alpha value is -1.20. The molecule has 0 radical (unpaired) electrons. The third kappa shape index (κ3) is 1.83. The number of anilines is 1. The van der Waals surface area contributed by atoms with Crippen molar-refractivity contribution in [3.63, 3.8) is 0 Å². The molecule has 0 saturated heterocycles. The molecule has 1 saturated carbocycles. The second-order valence-electron chi connectivity index (χ2n) is 3.67. The summed E-state index contributed by atoms with van der Waals surface area (Å²) in [6.07, 6.45) is 2.24. The SMILES string of the molecule is Nc1ncn(C2CCC(F)(F)CC2)n1. The van der Waals surface area contributed by atoms with Crippen LogP contribution in [0.25, 0.3) is 0 Å². The van der Waals surface area contributed by atoms with Crippen molar-refractivity contribution >= 4 is 5.95 Å². The van der Waals surface area contributed by atoms with E-state index in [9.17, 15) is 8.78 Å². The van der Waals surface area contributed by atoms with Crippen molar-refractivity contribution in [2.45, 2.75) is 37.6 Å². The molecule has 2 N–H and O–H groups in total. The summed E-state index contributed by atoms with van der Waals surface area (Å²) in [5, 5.41) is 3.92. The van der Waals surface area contributed by atoms with Crippen molar-refractivity contribution in [2.24, 2.45) is 0 Å². The summed E-state index contributed by atoms with van der Waals surface area (Å²) < 4.78 is 27.2. The van der Waals surface area contributed by atoms with E-state index in [0.717, 1.165) is 0 Å². The Labute approximate surface area is 80.1 Å². The lowest BCUT2D eigenvalue weighted by molar-refractivity contribution is -0.0449. The molecular formula is C8H12F2N4.